The van der Waals surface area contributed by atoms with Crippen molar-refractivity contribution in [1.82, 2.24) is 4.57 Å². The molecule has 7 nitrogen and oxygen atoms in total. The number of rotatable bonds is 7. The van der Waals surface area contributed by atoms with Gasteiger partial charge in [0.25, 0.3) is 0 Å². The van der Waals surface area contributed by atoms with Gasteiger partial charge in [-0.05, 0) is 35.9 Å². The zero-order chi connectivity index (χ0) is 22.5. The molecule has 0 unspecified atom stereocenters. The zero-order valence-electron chi connectivity index (χ0n) is 17.9. The summed E-state index contributed by atoms with van der Waals surface area (Å²) in [6, 6.07) is 20.5. The average Bonchev–Trinajstić information content (AvgIpc) is 3.19. The molecule has 170 valence electrons. The number of ether oxygens (including phenoxy) is 3. The molecule has 2 heterocycles. The van der Waals surface area contributed by atoms with E-state index in [9.17, 15) is 9.59 Å². The second-order valence-electron chi connectivity index (χ2n) is 7.26. The van der Waals surface area contributed by atoms with Gasteiger partial charge in [-0.2, -0.15) is 0 Å². The van der Waals surface area contributed by atoms with Gasteiger partial charge < -0.3 is 18.8 Å². The van der Waals surface area contributed by atoms with Gasteiger partial charge in [0.1, 0.15) is 30.7 Å². The molecular formula is C26H27N2O5+. The Morgan fingerprint density at radius 2 is 1.76 bits per heavy atom. The maximum atomic E-state index is 12.5. The van der Waals surface area contributed by atoms with Gasteiger partial charge in [0, 0.05) is 11.5 Å². The molecule has 4 rings (SSSR count). The molecule has 7 heteroatoms. The topological polar surface area (TPSA) is 70.6 Å². The van der Waals surface area contributed by atoms with E-state index < -0.39 is 11.9 Å². The summed E-state index contributed by atoms with van der Waals surface area (Å²) in [4.78, 5) is 24.8. The van der Waals surface area contributed by atoms with Gasteiger partial charge in [-0.25, -0.2) is 14.2 Å². The maximum Gasteiger partial charge on any atom is 0.354 e. The smallest absolute Gasteiger partial charge is 0.354 e. The summed E-state index contributed by atoms with van der Waals surface area (Å²) in [5.74, 6) is -0.333. The number of carbonyl (C=O) groups excluding carboxylic acids is 2. The zero-order valence-corrected chi connectivity index (χ0v) is 17.9. The molecule has 0 spiro atoms. The van der Waals surface area contributed by atoms with E-state index in [1.165, 1.54) is 7.11 Å². The monoisotopic (exact) mass is 447 g/mol. The number of hydrogen-bond donors (Lipinski definition) is 0. The molecule has 4 aromatic rings. The number of methoxy groups -OCH3 is 1. The number of pyridine rings is 1. The predicted octanol–water partition coefficient (Wildman–Crippen LogP) is 4.28. The van der Waals surface area contributed by atoms with Crippen molar-refractivity contribution in [2.75, 3.05) is 7.11 Å². The number of hydrogen-bond acceptors (Lipinski definition) is 5. The summed E-state index contributed by atoms with van der Waals surface area (Å²) in [6.07, 6.45) is 3.50. The van der Waals surface area contributed by atoms with Crippen molar-refractivity contribution in [2.45, 2.75) is 20.8 Å². The van der Waals surface area contributed by atoms with E-state index in [2.05, 4.69) is 0 Å². The summed E-state index contributed by atoms with van der Waals surface area (Å²) in [7, 11) is 3.14. The van der Waals surface area contributed by atoms with Crippen molar-refractivity contribution < 1.29 is 28.4 Å². The lowest BCUT2D eigenvalue weighted by Gasteiger charge is -2.11. The van der Waals surface area contributed by atoms with Crippen LogP contribution in [-0.4, -0.2) is 23.6 Å². The van der Waals surface area contributed by atoms with Crippen LogP contribution >= 0.6 is 0 Å². The molecule has 0 radical (unpaired) electrons. The third-order valence-corrected chi connectivity index (χ3v) is 5.02. The van der Waals surface area contributed by atoms with E-state index in [1.807, 2.05) is 61.8 Å². The summed E-state index contributed by atoms with van der Waals surface area (Å²) < 4.78 is 19.7. The van der Waals surface area contributed by atoms with Gasteiger partial charge in [0.05, 0.1) is 12.6 Å². The Labute approximate surface area is 192 Å². The normalized spacial score (nSPS) is 10.4. The van der Waals surface area contributed by atoms with Crippen LogP contribution in [0.25, 0.3) is 10.9 Å². The Balaban J connectivity index is 0.00000306. The second-order valence-corrected chi connectivity index (χ2v) is 7.26. The highest BCUT2D eigenvalue weighted by Crippen LogP contribution is 2.26. The van der Waals surface area contributed by atoms with Gasteiger partial charge in [-0.1, -0.05) is 37.8 Å². The standard InChI is InChI=1S/C25H23N2O5.CH4/c1-26-12-6-9-19(15-26)24(28)32-17-27-22-11-10-21(31-16-18-7-4-3-5-8-18)13-20(22)14-23(27)25(29)30-2;/h3-15H,16-17H2,1-2H3;1H4/q+1;. The Bertz CT molecular complexity index is 1260. The van der Waals surface area contributed by atoms with Crippen LogP contribution in [0.3, 0.4) is 0 Å². The lowest BCUT2D eigenvalue weighted by Crippen LogP contribution is -2.28. The first-order valence-electron chi connectivity index (χ1n) is 10.1. The van der Waals surface area contributed by atoms with Crippen LogP contribution in [0.5, 0.6) is 5.75 Å². The van der Waals surface area contributed by atoms with Crippen LogP contribution in [-0.2, 0) is 29.9 Å². The highest BCUT2D eigenvalue weighted by Gasteiger charge is 2.19. The number of benzene rings is 2. The summed E-state index contributed by atoms with van der Waals surface area (Å²) in [6.45, 7) is 0.304. The minimum absolute atomic E-state index is 0. The molecule has 0 bridgehead atoms. The van der Waals surface area contributed by atoms with Crippen molar-refractivity contribution >= 4 is 22.8 Å². The fraction of sp³-hybridized carbons (Fsp3) is 0.192. The first-order chi connectivity index (χ1) is 15.5. The van der Waals surface area contributed by atoms with Crippen molar-refractivity contribution in [1.29, 1.82) is 0 Å². The number of aromatic nitrogens is 2. The van der Waals surface area contributed by atoms with Crippen LogP contribution in [0, 0.1) is 0 Å². The van der Waals surface area contributed by atoms with Gasteiger partial charge in [-0.15, -0.1) is 0 Å². The molecule has 0 saturated heterocycles. The summed E-state index contributed by atoms with van der Waals surface area (Å²) in [5, 5.41) is 0.776. The quantitative estimate of drug-likeness (QED) is 0.312. The summed E-state index contributed by atoms with van der Waals surface area (Å²) in [5.41, 5.74) is 2.49. The van der Waals surface area contributed by atoms with Crippen LogP contribution < -0.4 is 9.30 Å². The van der Waals surface area contributed by atoms with Crippen LogP contribution in [0.2, 0.25) is 0 Å². The molecule has 0 saturated carbocycles. The molecule has 0 aliphatic heterocycles. The van der Waals surface area contributed by atoms with Crippen LogP contribution in [0.15, 0.2) is 79.1 Å². The minimum atomic E-state index is -0.518. The third-order valence-electron chi connectivity index (χ3n) is 5.02. The first-order valence-corrected chi connectivity index (χ1v) is 10.1. The molecule has 0 amide bonds. The molecule has 33 heavy (non-hydrogen) atoms. The molecule has 0 N–H and O–H groups in total. The molecule has 0 aliphatic rings. The number of nitrogens with zero attached hydrogens (tertiary/aromatic N) is 2. The Kier molecular flexibility index (Phi) is 7.46. The van der Waals surface area contributed by atoms with Crippen LogP contribution in [0.4, 0.5) is 0 Å². The van der Waals surface area contributed by atoms with E-state index in [0.717, 1.165) is 16.5 Å². The van der Waals surface area contributed by atoms with Crippen LogP contribution in [0.1, 0.15) is 33.8 Å². The van der Waals surface area contributed by atoms with Crippen molar-refractivity contribution in [3.05, 3.63) is 95.9 Å². The van der Waals surface area contributed by atoms with E-state index in [1.54, 1.807) is 33.5 Å². The Hall–Kier alpha value is -4.13. The molecule has 0 aliphatic carbocycles. The number of fused-ring (bicyclic) bond motifs is 1. The predicted molar refractivity (Wildman–Crippen MR) is 124 cm³/mol. The largest absolute Gasteiger partial charge is 0.489 e. The number of esters is 2. The molecule has 0 fully saturated rings. The van der Waals surface area contributed by atoms with Gasteiger partial charge >= 0.3 is 11.9 Å². The van der Waals surface area contributed by atoms with Crippen molar-refractivity contribution in [2.24, 2.45) is 7.05 Å². The van der Waals surface area contributed by atoms with Gasteiger partial charge in [0.15, 0.2) is 19.1 Å². The van der Waals surface area contributed by atoms with Crippen molar-refractivity contribution in [3.63, 3.8) is 0 Å². The summed E-state index contributed by atoms with van der Waals surface area (Å²) >= 11 is 0. The lowest BCUT2D eigenvalue weighted by atomic mass is 10.2. The van der Waals surface area contributed by atoms with Crippen molar-refractivity contribution in [3.8, 4) is 5.75 Å². The fourth-order valence-corrected chi connectivity index (χ4v) is 3.41. The first kappa shape index (κ1) is 23.5. The van der Waals surface area contributed by atoms with Gasteiger partial charge in [0.2, 0.25) is 0 Å². The average molecular weight is 448 g/mol. The lowest BCUT2D eigenvalue weighted by molar-refractivity contribution is -0.671. The maximum absolute atomic E-state index is 12.5. The second kappa shape index (κ2) is 10.5. The Morgan fingerprint density at radius 3 is 2.48 bits per heavy atom. The fourth-order valence-electron chi connectivity index (χ4n) is 3.41. The third kappa shape index (κ3) is 5.38. The minimum Gasteiger partial charge on any atom is -0.489 e. The van der Waals surface area contributed by atoms with Gasteiger partial charge in [-0.3, -0.25) is 0 Å². The highest BCUT2D eigenvalue weighted by atomic mass is 16.5. The SMILES string of the molecule is C.COC(=O)c1cc2cc(OCc3ccccc3)ccc2n1COC(=O)c1ccc[n+](C)c1. The van der Waals surface area contributed by atoms with E-state index >= 15 is 0 Å². The molecular weight excluding hydrogens is 420 g/mol. The number of aryl methyl sites for hydroxylation is 1. The highest BCUT2D eigenvalue weighted by molar-refractivity contribution is 5.96. The Morgan fingerprint density at radius 1 is 0.970 bits per heavy atom. The number of carbonyl (C=O) groups is 2. The van der Waals surface area contributed by atoms with E-state index in [-0.39, 0.29) is 19.9 Å². The van der Waals surface area contributed by atoms with E-state index in [4.69, 9.17) is 14.2 Å². The van der Waals surface area contributed by atoms with E-state index in [0.29, 0.717) is 17.9 Å². The molecule has 2 aromatic carbocycles. The molecule has 0 atom stereocenters. The molecule has 2 aromatic heterocycles.